The Morgan fingerprint density at radius 3 is 2.06 bits per heavy atom. The number of aromatic nitrogens is 2. The van der Waals surface area contributed by atoms with E-state index in [4.69, 9.17) is 26.8 Å². The second-order valence-corrected chi connectivity index (χ2v) is 7.19. The summed E-state index contributed by atoms with van der Waals surface area (Å²) in [5.74, 6) is -6.57. The van der Waals surface area contributed by atoms with Crippen molar-refractivity contribution >= 4 is 35.6 Å². The molecule has 0 fully saturated rings. The quantitative estimate of drug-likeness (QED) is 0.114. The van der Waals surface area contributed by atoms with Gasteiger partial charge >= 0.3 is 11.9 Å². The maximum atomic E-state index is 12.9. The first kappa shape index (κ1) is 28.0. The van der Waals surface area contributed by atoms with Crippen LogP contribution in [-0.4, -0.2) is 91.6 Å². The van der Waals surface area contributed by atoms with E-state index in [0.717, 1.165) is 0 Å². The fourth-order valence-electron chi connectivity index (χ4n) is 2.67. The van der Waals surface area contributed by atoms with Crippen molar-refractivity contribution in [3.63, 3.8) is 0 Å². The van der Waals surface area contributed by atoms with Gasteiger partial charge in [-0.05, 0) is 6.42 Å². The molecule has 4 unspecified atom stereocenters. The summed E-state index contributed by atoms with van der Waals surface area (Å²) < 4.78 is 0. The highest BCUT2D eigenvalue weighted by atomic mass is 16.4. The molecule has 0 bridgehead atoms. The van der Waals surface area contributed by atoms with E-state index in [0.29, 0.717) is 5.69 Å². The molecule has 1 rings (SSSR count). The molecule has 1 aromatic heterocycles. The lowest BCUT2D eigenvalue weighted by Gasteiger charge is -2.24. The average molecular weight is 485 g/mol. The molecule has 0 aliphatic rings. The second-order valence-electron chi connectivity index (χ2n) is 7.19. The zero-order valence-electron chi connectivity index (χ0n) is 17.9. The summed E-state index contributed by atoms with van der Waals surface area (Å²) >= 11 is 0. The smallest absolute Gasteiger partial charge is 0.328 e. The number of rotatable bonds is 15. The Balaban J connectivity index is 3.05. The van der Waals surface area contributed by atoms with Crippen LogP contribution in [0.3, 0.4) is 0 Å². The molecule has 0 aliphatic heterocycles. The molecule has 0 saturated heterocycles. The van der Waals surface area contributed by atoms with Crippen LogP contribution in [0.5, 0.6) is 0 Å². The molecule has 0 saturated carbocycles. The molecule has 11 N–H and O–H groups in total. The van der Waals surface area contributed by atoms with E-state index in [-0.39, 0.29) is 19.3 Å². The minimum atomic E-state index is -1.65. The number of aliphatic hydroxyl groups excluding tert-OH is 1. The summed E-state index contributed by atoms with van der Waals surface area (Å²) in [6.07, 6.45) is 1.13. The van der Waals surface area contributed by atoms with Crippen LogP contribution in [-0.2, 0) is 35.2 Å². The topological polar surface area (TPSA) is 280 Å². The van der Waals surface area contributed by atoms with Crippen LogP contribution in [0.1, 0.15) is 25.0 Å². The molecular formula is C18H27N7O9. The van der Waals surface area contributed by atoms with E-state index >= 15 is 0 Å². The second kappa shape index (κ2) is 13.5. The predicted molar refractivity (Wildman–Crippen MR) is 111 cm³/mol. The van der Waals surface area contributed by atoms with Crippen molar-refractivity contribution in [1.29, 1.82) is 0 Å². The molecule has 34 heavy (non-hydrogen) atoms. The number of aliphatic carboxylic acids is 2. The van der Waals surface area contributed by atoms with Crippen LogP contribution < -0.4 is 27.4 Å². The first-order valence-electron chi connectivity index (χ1n) is 9.92. The molecular weight excluding hydrogens is 458 g/mol. The van der Waals surface area contributed by atoms with E-state index in [9.17, 15) is 28.8 Å². The van der Waals surface area contributed by atoms with Gasteiger partial charge in [-0.15, -0.1) is 0 Å². The lowest BCUT2D eigenvalue weighted by molar-refractivity contribution is -0.143. The van der Waals surface area contributed by atoms with Crippen LogP contribution in [0.4, 0.5) is 0 Å². The van der Waals surface area contributed by atoms with E-state index in [1.807, 2.05) is 0 Å². The third-order valence-electron chi connectivity index (χ3n) is 4.45. The normalized spacial score (nSPS) is 14.2. The van der Waals surface area contributed by atoms with Crippen LogP contribution in [0.2, 0.25) is 0 Å². The molecule has 16 heteroatoms. The summed E-state index contributed by atoms with van der Waals surface area (Å²) in [4.78, 5) is 77.2. The lowest BCUT2D eigenvalue weighted by atomic mass is 10.1. The molecule has 0 spiro atoms. The Kier molecular flexibility index (Phi) is 11.1. The number of carbonyl (C=O) groups is 6. The molecule has 16 nitrogen and oxygen atoms in total. The third kappa shape index (κ3) is 9.61. The van der Waals surface area contributed by atoms with Gasteiger partial charge in [-0.2, -0.15) is 0 Å². The number of amides is 4. The Bertz CT molecular complexity index is 890. The van der Waals surface area contributed by atoms with Crippen LogP contribution in [0, 0.1) is 0 Å². The van der Waals surface area contributed by atoms with Crippen molar-refractivity contribution in [3.8, 4) is 0 Å². The number of aliphatic hydroxyl groups is 1. The highest BCUT2D eigenvalue weighted by Gasteiger charge is 2.31. The Labute approximate surface area is 192 Å². The van der Waals surface area contributed by atoms with E-state index in [1.54, 1.807) is 0 Å². The summed E-state index contributed by atoms with van der Waals surface area (Å²) in [5.41, 5.74) is 11.0. The van der Waals surface area contributed by atoms with Gasteiger partial charge in [-0.3, -0.25) is 24.0 Å². The van der Waals surface area contributed by atoms with Gasteiger partial charge < -0.3 is 47.7 Å². The Morgan fingerprint density at radius 2 is 1.56 bits per heavy atom. The van der Waals surface area contributed by atoms with Crippen molar-refractivity contribution in [2.75, 3.05) is 6.61 Å². The zero-order valence-corrected chi connectivity index (χ0v) is 17.9. The highest BCUT2D eigenvalue weighted by molar-refractivity contribution is 5.95. The number of hydrogen-bond donors (Lipinski definition) is 9. The minimum absolute atomic E-state index is 0.176. The van der Waals surface area contributed by atoms with Gasteiger partial charge in [0.15, 0.2) is 0 Å². The largest absolute Gasteiger partial charge is 0.481 e. The van der Waals surface area contributed by atoms with Crippen molar-refractivity contribution in [2.45, 2.75) is 49.9 Å². The molecule has 0 radical (unpaired) electrons. The van der Waals surface area contributed by atoms with Gasteiger partial charge in [-0.25, -0.2) is 9.78 Å². The predicted octanol–water partition coefficient (Wildman–Crippen LogP) is -4.45. The van der Waals surface area contributed by atoms with Gasteiger partial charge in [0.05, 0.1) is 25.4 Å². The number of primary amides is 1. The summed E-state index contributed by atoms with van der Waals surface area (Å²) in [7, 11) is 0. The molecule has 4 amide bonds. The molecule has 188 valence electrons. The number of imidazole rings is 1. The summed E-state index contributed by atoms with van der Waals surface area (Å²) in [6, 6.07) is -5.95. The maximum absolute atomic E-state index is 12.9. The first-order valence-corrected chi connectivity index (χ1v) is 9.92. The number of carboxylic acids is 2. The molecule has 1 heterocycles. The Hall–Kier alpha value is -4.05. The maximum Gasteiger partial charge on any atom is 0.328 e. The van der Waals surface area contributed by atoms with Crippen molar-refractivity contribution in [1.82, 2.24) is 25.9 Å². The van der Waals surface area contributed by atoms with Crippen molar-refractivity contribution in [2.24, 2.45) is 11.5 Å². The van der Waals surface area contributed by atoms with Gasteiger partial charge in [0.1, 0.15) is 18.1 Å². The number of aromatic amines is 1. The fourth-order valence-corrected chi connectivity index (χ4v) is 2.67. The molecule has 0 aromatic carbocycles. The third-order valence-corrected chi connectivity index (χ3v) is 4.45. The monoisotopic (exact) mass is 485 g/mol. The van der Waals surface area contributed by atoms with Crippen LogP contribution >= 0.6 is 0 Å². The van der Waals surface area contributed by atoms with Gasteiger partial charge in [-0.1, -0.05) is 0 Å². The number of hydrogen-bond acceptors (Lipinski definition) is 9. The van der Waals surface area contributed by atoms with E-state index < -0.39 is 72.8 Å². The van der Waals surface area contributed by atoms with E-state index in [1.165, 1.54) is 12.5 Å². The number of carboxylic acid groups (broad SMARTS) is 2. The van der Waals surface area contributed by atoms with Gasteiger partial charge in [0.25, 0.3) is 0 Å². The molecule has 1 aromatic rings. The van der Waals surface area contributed by atoms with Gasteiger partial charge in [0, 0.05) is 24.7 Å². The Morgan fingerprint density at radius 1 is 0.971 bits per heavy atom. The number of H-pyrrole nitrogens is 1. The lowest BCUT2D eigenvalue weighted by Crippen LogP contribution is -2.58. The van der Waals surface area contributed by atoms with Crippen LogP contribution in [0.25, 0.3) is 0 Å². The standard InChI is InChI=1S/C18H27N7O9/c19-9(4-14(28)29)15(30)23-10(1-2-13(20)27)16(31)24-11(3-8-5-21-7-22-8)17(32)25-12(6-26)18(33)34/h5,7,9-12,26H,1-4,6,19H2,(H2,20,27)(H,21,22)(H,23,30)(H,24,31)(H,25,32)(H,28,29)(H,33,34). The van der Waals surface area contributed by atoms with Gasteiger partial charge in [0.2, 0.25) is 23.6 Å². The molecule has 0 aliphatic carbocycles. The minimum Gasteiger partial charge on any atom is -0.481 e. The summed E-state index contributed by atoms with van der Waals surface area (Å²) in [6.45, 7) is -0.912. The van der Waals surface area contributed by atoms with E-state index in [2.05, 4.69) is 25.9 Å². The average Bonchev–Trinajstić information content (AvgIpc) is 3.26. The SMILES string of the molecule is NC(=O)CCC(NC(=O)C(N)CC(=O)O)C(=O)NC(Cc1cnc[nH]1)C(=O)NC(CO)C(=O)O. The zero-order chi connectivity index (χ0) is 25.8. The first-order chi connectivity index (χ1) is 15.9. The summed E-state index contributed by atoms with van der Waals surface area (Å²) in [5, 5.41) is 33.6. The fraction of sp³-hybridized carbons (Fsp3) is 0.500. The highest BCUT2D eigenvalue weighted by Crippen LogP contribution is 2.04. The number of nitrogens with zero attached hydrogens (tertiary/aromatic N) is 1. The number of nitrogens with two attached hydrogens (primary N) is 2. The number of carbonyl (C=O) groups excluding carboxylic acids is 4. The van der Waals surface area contributed by atoms with Crippen molar-refractivity contribution in [3.05, 3.63) is 18.2 Å². The molecule has 4 atom stereocenters. The van der Waals surface area contributed by atoms with Crippen LogP contribution in [0.15, 0.2) is 12.5 Å². The van der Waals surface area contributed by atoms with Crippen molar-refractivity contribution < 1.29 is 44.1 Å². The number of nitrogens with one attached hydrogen (secondary N) is 4.